The number of aliphatic hydroxyl groups excluding tert-OH is 1. The Kier molecular flexibility index (Phi) is 2.92. The summed E-state index contributed by atoms with van der Waals surface area (Å²) in [6.07, 6.45) is 1.50. The molecule has 1 aromatic carbocycles. The van der Waals surface area contributed by atoms with Crippen molar-refractivity contribution >= 4 is 0 Å². The van der Waals surface area contributed by atoms with Gasteiger partial charge in [0, 0.05) is 5.92 Å². The minimum Gasteiger partial charge on any atom is -0.507 e. The molecule has 0 aliphatic heterocycles. The minimum absolute atomic E-state index is 0.0206. The van der Waals surface area contributed by atoms with E-state index >= 15 is 0 Å². The molecule has 0 saturated heterocycles. The molecule has 0 bridgehead atoms. The SMILES string of the molecule is CC(CO)c1coc(-c2ccccc2O)n1. The zero-order valence-corrected chi connectivity index (χ0v) is 8.92. The summed E-state index contributed by atoms with van der Waals surface area (Å²) in [6, 6.07) is 6.84. The van der Waals surface area contributed by atoms with Crippen LogP contribution < -0.4 is 0 Å². The second-order valence-corrected chi connectivity index (χ2v) is 3.68. The average Bonchev–Trinajstić information content (AvgIpc) is 2.78. The summed E-state index contributed by atoms with van der Waals surface area (Å²) in [5.74, 6) is 0.435. The Morgan fingerprint density at radius 2 is 2.12 bits per heavy atom. The van der Waals surface area contributed by atoms with Crippen LogP contribution in [0, 0.1) is 0 Å². The molecule has 1 unspecified atom stereocenters. The molecular formula is C12H13NO3. The van der Waals surface area contributed by atoms with Gasteiger partial charge in [-0.05, 0) is 12.1 Å². The van der Waals surface area contributed by atoms with Gasteiger partial charge in [0.1, 0.15) is 12.0 Å². The van der Waals surface area contributed by atoms with Crippen molar-refractivity contribution in [3.63, 3.8) is 0 Å². The molecule has 16 heavy (non-hydrogen) atoms. The van der Waals surface area contributed by atoms with E-state index in [0.29, 0.717) is 17.1 Å². The number of hydrogen-bond acceptors (Lipinski definition) is 4. The Labute approximate surface area is 93.2 Å². The van der Waals surface area contributed by atoms with Crippen molar-refractivity contribution in [1.29, 1.82) is 0 Å². The lowest BCUT2D eigenvalue weighted by molar-refractivity contribution is 0.271. The second-order valence-electron chi connectivity index (χ2n) is 3.68. The van der Waals surface area contributed by atoms with E-state index in [9.17, 15) is 5.11 Å². The van der Waals surface area contributed by atoms with E-state index in [1.54, 1.807) is 24.3 Å². The molecule has 0 spiro atoms. The van der Waals surface area contributed by atoms with Gasteiger partial charge in [-0.2, -0.15) is 0 Å². The number of aromatic hydroxyl groups is 1. The standard InChI is InChI=1S/C12H13NO3/c1-8(6-14)10-7-16-12(13-10)9-4-2-3-5-11(9)15/h2-5,7-8,14-15H,6H2,1H3. The fourth-order valence-electron chi connectivity index (χ4n) is 1.38. The molecule has 2 rings (SSSR count). The first-order valence-electron chi connectivity index (χ1n) is 5.07. The zero-order valence-electron chi connectivity index (χ0n) is 8.92. The molecular weight excluding hydrogens is 206 g/mol. The first-order chi connectivity index (χ1) is 7.72. The third-order valence-corrected chi connectivity index (χ3v) is 2.44. The van der Waals surface area contributed by atoms with Gasteiger partial charge >= 0.3 is 0 Å². The normalized spacial score (nSPS) is 12.6. The van der Waals surface area contributed by atoms with Crippen LogP contribution in [-0.2, 0) is 0 Å². The highest BCUT2D eigenvalue weighted by Gasteiger charge is 2.13. The fraction of sp³-hybridized carbons (Fsp3) is 0.250. The summed E-state index contributed by atoms with van der Waals surface area (Å²) < 4.78 is 5.27. The summed E-state index contributed by atoms with van der Waals surface area (Å²) in [5.41, 5.74) is 1.24. The van der Waals surface area contributed by atoms with Crippen molar-refractivity contribution < 1.29 is 14.6 Å². The molecule has 4 heteroatoms. The van der Waals surface area contributed by atoms with Gasteiger partial charge in [-0.15, -0.1) is 0 Å². The van der Waals surface area contributed by atoms with Gasteiger partial charge < -0.3 is 14.6 Å². The van der Waals surface area contributed by atoms with E-state index in [2.05, 4.69) is 4.98 Å². The van der Waals surface area contributed by atoms with E-state index in [4.69, 9.17) is 9.52 Å². The smallest absolute Gasteiger partial charge is 0.229 e. The van der Waals surface area contributed by atoms with Crippen LogP contribution in [0.15, 0.2) is 34.9 Å². The molecule has 2 N–H and O–H groups in total. The first kappa shape index (κ1) is 10.7. The molecule has 0 amide bonds. The fourth-order valence-corrected chi connectivity index (χ4v) is 1.38. The predicted octanol–water partition coefficient (Wildman–Crippen LogP) is 2.14. The van der Waals surface area contributed by atoms with E-state index in [1.807, 2.05) is 6.92 Å². The van der Waals surface area contributed by atoms with Crippen LogP contribution in [0.3, 0.4) is 0 Å². The van der Waals surface area contributed by atoms with E-state index in [1.165, 1.54) is 6.26 Å². The van der Waals surface area contributed by atoms with Gasteiger partial charge in [-0.25, -0.2) is 4.98 Å². The monoisotopic (exact) mass is 219 g/mol. The van der Waals surface area contributed by atoms with E-state index in [0.717, 1.165) is 0 Å². The molecule has 4 nitrogen and oxygen atoms in total. The number of aromatic nitrogens is 1. The quantitative estimate of drug-likeness (QED) is 0.830. The molecule has 1 heterocycles. The van der Waals surface area contributed by atoms with Crippen LogP contribution >= 0.6 is 0 Å². The molecule has 0 fully saturated rings. The summed E-state index contributed by atoms with van der Waals surface area (Å²) >= 11 is 0. The third kappa shape index (κ3) is 1.92. The number of hydrogen-bond donors (Lipinski definition) is 2. The zero-order chi connectivity index (χ0) is 11.5. The Bertz CT molecular complexity index is 479. The Morgan fingerprint density at radius 1 is 1.38 bits per heavy atom. The number of oxazole rings is 1. The minimum atomic E-state index is -0.0663. The van der Waals surface area contributed by atoms with Gasteiger partial charge in [0.15, 0.2) is 0 Å². The highest BCUT2D eigenvalue weighted by atomic mass is 16.3. The van der Waals surface area contributed by atoms with Gasteiger partial charge in [0.25, 0.3) is 0 Å². The summed E-state index contributed by atoms with van der Waals surface area (Å²) in [4.78, 5) is 4.23. The van der Waals surface area contributed by atoms with Crippen LogP contribution in [0.1, 0.15) is 18.5 Å². The molecule has 2 aromatic rings. The van der Waals surface area contributed by atoms with Crippen LogP contribution in [0.2, 0.25) is 0 Å². The van der Waals surface area contributed by atoms with Gasteiger partial charge in [-0.1, -0.05) is 19.1 Å². The number of para-hydroxylation sites is 1. The number of aliphatic hydroxyl groups is 1. The molecule has 0 aliphatic carbocycles. The Balaban J connectivity index is 2.35. The van der Waals surface area contributed by atoms with Crippen molar-refractivity contribution in [3.8, 4) is 17.2 Å². The van der Waals surface area contributed by atoms with Crippen LogP contribution in [0.25, 0.3) is 11.5 Å². The van der Waals surface area contributed by atoms with Crippen molar-refractivity contribution in [1.82, 2.24) is 4.98 Å². The lowest BCUT2D eigenvalue weighted by atomic mass is 10.1. The topological polar surface area (TPSA) is 66.5 Å². The Hall–Kier alpha value is -1.81. The highest BCUT2D eigenvalue weighted by Crippen LogP contribution is 2.29. The maximum Gasteiger partial charge on any atom is 0.229 e. The molecule has 1 aromatic heterocycles. The maximum atomic E-state index is 9.62. The second kappa shape index (κ2) is 4.37. The number of rotatable bonds is 3. The highest BCUT2D eigenvalue weighted by molar-refractivity contribution is 5.61. The molecule has 0 saturated carbocycles. The predicted molar refractivity (Wildman–Crippen MR) is 59.1 cm³/mol. The van der Waals surface area contributed by atoms with E-state index in [-0.39, 0.29) is 18.3 Å². The van der Waals surface area contributed by atoms with Gasteiger partial charge in [0.05, 0.1) is 17.9 Å². The summed E-state index contributed by atoms with van der Waals surface area (Å²) in [5, 5.41) is 18.6. The third-order valence-electron chi connectivity index (χ3n) is 2.44. The van der Waals surface area contributed by atoms with Crippen molar-refractivity contribution in [2.24, 2.45) is 0 Å². The molecule has 1 atom stereocenters. The van der Waals surface area contributed by atoms with Crippen molar-refractivity contribution in [2.75, 3.05) is 6.61 Å². The average molecular weight is 219 g/mol. The lowest BCUT2D eigenvalue weighted by Crippen LogP contribution is -1.98. The summed E-state index contributed by atoms with van der Waals surface area (Å²) in [6.45, 7) is 1.87. The van der Waals surface area contributed by atoms with E-state index < -0.39 is 0 Å². The number of phenolic OH excluding ortho intramolecular Hbond substituents is 1. The maximum absolute atomic E-state index is 9.62. The number of nitrogens with zero attached hydrogens (tertiary/aromatic N) is 1. The van der Waals surface area contributed by atoms with Crippen LogP contribution in [0.4, 0.5) is 0 Å². The molecule has 0 aliphatic rings. The summed E-state index contributed by atoms with van der Waals surface area (Å²) in [7, 11) is 0. The number of phenols is 1. The largest absolute Gasteiger partial charge is 0.507 e. The van der Waals surface area contributed by atoms with Gasteiger partial charge in [0.2, 0.25) is 5.89 Å². The first-order valence-corrected chi connectivity index (χ1v) is 5.07. The Morgan fingerprint density at radius 3 is 2.81 bits per heavy atom. The van der Waals surface area contributed by atoms with Crippen molar-refractivity contribution in [3.05, 3.63) is 36.2 Å². The number of benzene rings is 1. The van der Waals surface area contributed by atoms with Crippen LogP contribution in [0.5, 0.6) is 5.75 Å². The molecule has 84 valence electrons. The molecule has 0 radical (unpaired) electrons. The van der Waals surface area contributed by atoms with Crippen molar-refractivity contribution in [2.45, 2.75) is 12.8 Å². The lowest BCUT2D eigenvalue weighted by Gasteiger charge is -2.01. The van der Waals surface area contributed by atoms with Crippen LogP contribution in [-0.4, -0.2) is 21.8 Å². The van der Waals surface area contributed by atoms with Gasteiger partial charge in [-0.3, -0.25) is 0 Å².